The lowest BCUT2D eigenvalue weighted by molar-refractivity contribution is -0.129. The smallest absolute Gasteiger partial charge is 0.315 e. The highest BCUT2D eigenvalue weighted by Crippen LogP contribution is 2.12. The summed E-state index contributed by atoms with van der Waals surface area (Å²) in [5.74, 6) is -0.475. The topological polar surface area (TPSA) is 90.5 Å². The van der Waals surface area contributed by atoms with E-state index in [9.17, 15) is 14.4 Å². The third kappa shape index (κ3) is 5.78. The van der Waals surface area contributed by atoms with E-state index in [0.29, 0.717) is 10.7 Å². The van der Waals surface area contributed by atoms with Gasteiger partial charge in [0.05, 0.1) is 13.1 Å². The fourth-order valence-corrected chi connectivity index (χ4v) is 2.32. The summed E-state index contributed by atoms with van der Waals surface area (Å²) in [5, 5.41) is 8.04. The number of carbonyl (C=O) groups is 3. The zero-order valence-corrected chi connectivity index (χ0v) is 13.4. The summed E-state index contributed by atoms with van der Waals surface area (Å²) in [7, 11) is 0. The van der Waals surface area contributed by atoms with E-state index in [1.54, 1.807) is 29.2 Å². The number of rotatable bonds is 5. The Kier molecular flexibility index (Phi) is 6.22. The van der Waals surface area contributed by atoms with Crippen LogP contribution in [0.25, 0.3) is 0 Å². The van der Waals surface area contributed by atoms with Gasteiger partial charge in [0.2, 0.25) is 11.8 Å². The molecule has 0 unspecified atom stereocenters. The van der Waals surface area contributed by atoms with Crippen molar-refractivity contribution < 1.29 is 14.4 Å². The second-order valence-electron chi connectivity index (χ2n) is 5.18. The third-order valence-corrected chi connectivity index (χ3v) is 3.65. The van der Waals surface area contributed by atoms with E-state index in [4.69, 9.17) is 11.6 Å². The first-order chi connectivity index (χ1) is 11.0. The molecule has 0 bridgehead atoms. The van der Waals surface area contributed by atoms with Crippen molar-refractivity contribution in [2.45, 2.75) is 12.8 Å². The quantitative estimate of drug-likeness (QED) is 0.753. The molecule has 23 heavy (non-hydrogen) atoms. The van der Waals surface area contributed by atoms with E-state index < -0.39 is 6.03 Å². The number of benzene rings is 1. The van der Waals surface area contributed by atoms with Crippen LogP contribution in [0, 0.1) is 0 Å². The van der Waals surface area contributed by atoms with Gasteiger partial charge in [0.1, 0.15) is 0 Å². The van der Waals surface area contributed by atoms with Gasteiger partial charge in [-0.25, -0.2) is 4.79 Å². The molecular formula is C15H19ClN4O3. The molecule has 1 heterocycles. The van der Waals surface area contributed by atoms with Crippen molar-refractivity contribution in [3.05, 3.63) is 29.3 Å². The van der Waals surface area contributed by atoms with Gasteiger partial charge in [-0.1, -0.05) is 11.6 Å². The first-order valence-electron chi connectivity index (χ1n) is 7.39. The monoisotopic (exact) mass is 338 g/mol. The van der Waals surface area contributed by atoms with Gasteiger partial charge in [0, 0.05) is 23.8 Å². The van der Waals surface area contributed by atoms with Crippen LogP contribution in [-0.2, 0) is 9.59 Å². The van der Waals surface area contributed by atoms with Crippen LogP contribution >= 0.6 is 11.6 Å². The van der Waals surface area contributed by atoms with Gasteiger partial charge >= 0.3 is 6.03 Å². The van der Waals surface area contributed by atoms with Gasteiger partial charge in [0.15, 0.2) is 0 Å². The van der Waals surface area contributed by atoms with Gasteiger partial charge in [-0.3, -0.25) is 9.59 Å². The summed E-state index contributed by atoms with van der Waals surface area (Å²) in [6.07, 6.45) is 2.01. The molecular weight excluding hydrogens is 320 g/mol. The third-order valence-electron chi connectivity index (χ3n) is 3.40. The maximum atomic E-state index is 11.7. The molecule has 1 aromatic rings. The summed E-state index contributed by atoms with van der Waals surface area (Å²) < 4.78 is 0. The largest absolute Gasteiger partial charge is 0.341 e. The molecule has 1 fully saturated rings. The molecule has 1 saturated heterocycles. The molecule has 2 rings (SSSR count). The van der Waals surface area contributed by atoms with E-state index in [2.05, 4.69) is 16.0 Å². The number of urea groups is 1. The van der Waals surface area contributed by atoms with E-state index in [-0.39, 0.29) is 24.9 Å². The average Bonchev–Trinajstić information content (AvgIpc) is 3.07. The second kappa shape index (κ2) is 8.38. The Balaban J connectivity index is 1.64. The normalized spacial score (nSPS) is 13.5. The summed E-state index contributed by atoms with van der Waals surface area (Å²) in [5.41, 5.74) is 0.589. The summed E-state index contributed by atoms with van der Waals surface area (Å²) in [6.45, 7) is 1.23. The number of amides is 4. The van der Waals surface area contributed by atoms with Crippen LogP contribution in [0.2, 0.25) is 5.02 Å². The number of hydrogen-bond acceptors (Lipinski definition) is 3. The first-order valence-corrected chi connectivity index (χ1v) is 7.77. The molecule has 0 radical (unpaired) electrons. The lowest BCUT2D eigenvalue weighted by Gasteiger charge is -2.15. The molecule has 0 spiro atoms. The predicted molar refractivity (Wildman–Crippen MR) is 87.3 cm³/mol. The Morgan fingerprint density at radius 1 is 1.00 bits per heavy atom. The van der Waals surface area contributed by atoms with Crippen LogP contribution in [0.3, 0.4) is 0 Å². The Morgan fingerprint density at radius 3 is 2.26 bits per heavy atom. The number of halogens is 1. The van der Waals surface area contributed by atoms with Crippen LogP contribution in [0.1, 0.15) is 12.8 Å². The minimum Gasteiger partial charge on any atom is -0.341 e. The van der Waals surface area contributed by atoms with E-state index >= 15 is 0 Å². The number of nitrogens with one attached hydrogen (secondary N) is 3. The maximum absolute atomic E-state index is 11.7. The van der Waals surface area contributed by atoms with Crippen molar-refractivity contribution in [3.63, 3.8) is 0 Å². The van der Waals surface area contributed by atoms with Crippen molar-refractivity contribution in [3.8, 4) is 0 Å². The molecule has 0 aromatic heterocycles. The molecule has 1 aliphatic rings. The Bertz CT molecular complexity index is 571. The lowest BCUT2D eigenvalue weighted by atomic mass is 10.3. The number of likely N-dealkylation sites (tertiary alicyclic amines) is 1. The fraction of sp³-hybridized carbons (Fsp3) is 0.400. The van der Waals surface area contributed by atoms with E-state index in [1.165, 1.54) is 0 Å². The van der Waals surface area contributed by atoms with Gasteiger partial charge in [-0.05, 0) is 37.1 Å². The highest BCUT2D eigenvalue weighted by molar-refractivity contribution is 6.30. The molecule has 7 nitrogen and oxygen atoms in total. The van der Waals surface area contributed by atoms with Crippen molar-refractivity contribution in [2.24, 2.45) is 0 Å². The van der Waals surface area contributed by atoms with E-state index in [0.717, 1.165) is 25.9 Å². The van der Waals surface area contributed by atoms with Crippen LogP contribution < -0.4 is 16.0 Å². The highest BCUT2D eigenvalue weighted by atomic mass is 35.5. The average molecular weight is 339 g/mol. The zero-order valence-electron chi connectivity index (χ0n) is 12.6. The van der Waals surface area contributed by atoms with Gasteiger partial charge < -0.3 is 20.9 Å². The number of hydrogen-bond donors (Lipinski definition) is 3. The van der Waals surface area contributed by atoms with Crippen LogP contribution in [-0.4, -0.2) is 48.9 Å². The molecule has 0 atom stereocenters. The first kappa shape index (κ1) is 17.1. The van der Waals surface area contributed by atoms with Crippen molar-refractivity contribution >= 4 is 35.1 Å². The minimum absolute atomic E-state index is 0.0648. The number of carbonyl (C=O) groups excluding carboxylic acids is 3. The predicted octanol–water partition coefficient (Wildman–Crippen LogP) is 1.20. The highest BCUT2D eigenvalue weighted by Gasteiger charge is 2.18. The molecule has 1 aromatic carbocycles. The van der Waals surface area contributed by atoms with Crippen molar-refractivity contribution in [1.29, 1.82) is 0 Å². The Labute approximate surface area is 139 Å². The summed E-state index contributed by atoms with van der Waals surface area (Å²) in [6, 6.07) is 6.08. The van der Waals surface area contributed by atoms with Crippen molar-refractivity contribution in [2.75, 3.05) is 31.5 Å². The molecule has 0 saturated carbocycles. The minimum atomic E-state index is -0.552. The van der Waals surface area contributed by atoms with Gasteiger partial charge in [-0.15, -0.1) is 0 Å². The van der Waals surface area contributed by atoms with Crippen LogP contribution in [0.15, 0.2) is 24.3 Å². The Morgan fingerprint density at radius 2 is 1.61 bits per heavy atom. The molecule has 0 aliphatic carbocycles. The molecule has 124 valence electrons. The lowest BCUT2D eigenvalue weighted by Crippen LogP contribution is -2.44. The molecule has 3 N–H and O–H groups in total. The second-order valence-corrected chi connectivity index (χ2v) is 5.62. The number of anilines is 1. The zero-order chi connectivity index (χ0) is 16.7. The van der Waals surface area contributed by atoms with Crippen LogP contribution in [0.4, 0.5) is 10.5 Å². The molecule has 4 amide bonds. The molecule has 8 heteroatoms. The molecule has 1 aliphatic heterocycles. The van der Waals surface area contributed by atoms with Crippen molar-refractivity contribution in [1.82, 2.24) is 15.5 Å². The SMILES string of the molecule is O=C(CNC(=O)NCC(=O)N1CCCC1)Nc1ccc(Cl)cc1. The Hall–Kier alpha value is -2.28. The summed E-state index contributed by atoms with van der Waals surface area (Å²) in [4.78, 5) is 36.7. The fourth-order valence-electron chi connectivity index (χ4n) is 2.20. The van der Waals surface area contributed by atoms with Gasteiger partial charge in [0.25, 0.3) is 0 Å². The van der Waals surface area contributed by atoms with Crippen LogP contribution in [0.5, 0.6) is 0 Å². The maximum Gasteiger partial charge on any atom is 0.315 e. The van der Waals surface area contributed by atoms with E-state index in [1.807, 2.05) is 0 Å². The number of nitrogens with zero attached hydrogens (tertiary/aromatic N) is 1. The summed E-state index contributed by atoms with van der Waals surface area (Å²) >= 11 is 5.75. The van der Waals surface area contributed by atoms with Gasteiger partial charge in [-0.2, -0.15) is 0 Å². The standard InChI is InChI=1S/C15H19ClN4O3/c16-11-3-5-12(6-4-11)19-13(21)9-17-15(23)18-10-14(22)20-7-1-2-8-20/h3-6H,1-2,7-10H2,(H,19,21)(H2,17,18,23).